The van der Waals surface area contributed by atoms with Gasteiger partial charge in [-0.05, 0) is 24.3 Å². The average molecular weight is 345 g/mol. The highest BCUT2D eigenvalue weighted by Crippen LogP contribution is 2.26. The molecule has 3 rings (SSSR count). The Kier molecular flexibility index (Phi) is 4.02. The van der Waals surface area contributed by atoms with Crippen LogP contribution in [0.4, 0.5) is 4.39 Å². The molecule has 0 amide bonds. The first-order valence-electron chi connectivity index (χ1n) is 6.14. The molecule has 0 aliphatic heterocycles. The second kappa shape index (κ2) is 5.79. The van der Waals surface area contributed by atoms with Crippen molar-refractivity contribution < 1.29 is 4.39 Å². The fourth-order valence-corrected chi connectivity index (χ4v) is 2.64. The Hall–Kier alpha value is -1.36. The van der Waals surface area contributed by atoms with Crippen LogP contribution in [-0.4, -0.2) is 20.4 Å². The minimum atomic E-state index is -0.450. The van der Waals surface area contributed by atoms with Crippen LogP contribution in [0.3, 0.4) is 0 Å². The molecule has 0 saturated heterocycles. The zero-order valence-electron chi connectivity index (χ0n) is 10.7. The van der Waals surface area contributed by atoms with Crippen molar-refractivity contribution in [3.8, 4) is 5.69 Å². The molecule has 108 valence electrons. The predicted molar refractivity (Wildman–Crippen MR) is 83.3 cm³/mol. The van der Waals surface area contributed by atoms with Crippen LogP contribution in [0.25, 0.3) is 16.9 Å². The highest BCUT2D eigenvalue weighted by atomic mass is 35.5. The fourth-order valence-electron chi connectivity index (χ4n) is 2.16. The Morgan fingerprint density at radius 2 is 1.95 bits per heavy atom. The summed E-state index contributed by atoms with van der Waals surface area (Å²) in [4.78, 5) is 8.68. The van der Waals surface area contributed by atoms with Crippen molar-refractivity contribution in [1.82, 2.24) is 14.5 Å². The van der Waals surface area contributed by atoms with E-state index in [1.54, 1.807) is 22.8 Å². The molecule has 2 aromatic heterocycles. The number of benzene rings is 1. The summed E-state index contributed by atoms with van der Waals surface area (Å²) < 4.78 is 15.9. The number of nitrogens with zero attached hydrogens (tertiary/aromatic N) is 3. The molecule has 7 heteroatoms. The Morgan fingerprint density at radius 1 is 1.14 bits per heavy atom. The molecule has 0 aliphatic carbocycles. The van der Waals surface area contributed by atoms with Gasteiger partial charge in [0.2, 0.25) is 0 Å². The van der Waals surface area contributed by atoms with Crippen molar-refractivity contribution in [2.75, 3.05) is 5.88 Å². The number of halogens is 4. The van der Waals surface area contributed by atoms with E-state index in [4.69, 9.17) is 34.8 Å². The molecule has 3 nitrogen and oxygen atoms in total. The molecular formula is C14H9Cl3FN3. The maximum absolute atomic E-state index is 14.2. The van der Waals surface area contributed by atoms with Gasteiger partial charge in [-0.1, -0.05) is 23.2 Å². The molecule has 0 saturated carbocycles. The molecule has 3 aromatic rings. The number of rotatable bonds is 3. The molecule has 2 heterocycles. The first kappa shape index (κ1) is 14.6. The highest BCUT2D eigenvalue weighted by Gasteiger charge is 2.16. The predicted octanol–water partition coefficient (Wildman–Crippen LogP) is 4.65. The molecule has 0 bridgehead atoms. The van der Waals surface area contributed by atoms with Crippen molar-refractivity contribution in [2.45, 2.75) is 6.42 Å². The third-order valence-electron chi connectivity index (χ3n) is 3.00. The summed E-state index contributed by atoms with van der Waals surface area (Å²) in [5, 5.41) is 0.803. The van der Waals surface area contributed by atoms with Gasteiger partial charge >= 0.3 is 0 Å². The third-order valence-corrected chi connectivity index (χ3v) is 3.63. The molecule has 0 atom stereocenters. The Labute approximate surface area is 135 Å². The molecule has 0 N–H and O–H groups in total. The molecule has 0 fully saturated rings. The average Bonchev–Trinajstić information content (AvgIpc) is 2.76. The molecule has 0 aliphatic rings. The molecular weight excluding hydrogens is 336 g/mol. The second-order valence-electron chi connectivity index (χ2n) is 4.39. The zero-order chi connectivity index (χ0) is 15.0. The summed E-state index contributed by atoms with van der Waals surface area (Å²) in [6, 6.07) is 6.15. The van der Waals surface area contributed by atoms with E-state index in [0.29, 0.717) is 45.0 Å². The van der Waals surface area contributed by atoms with E-state index in [-0.39, 0.29) is 0 Å². The van der Waals surface area contributed by atoms with Gasteiger partial charge in [0.25, 0.3) is 0 Å². The summed E-state index contributed by atoms with van der Waals surface area (Å²) >= 11 is 17.5. The zero-order valence-corrected chi connectivity index (χ0v) is 12.9. The van der Waals surface area contributed by atoms with E-state index in [1.165, 1.54) is 12.3 Å². The largest absolute Gasteiger partial charge is 0.278 e. The SMILES string of the molecule is Fc1cc(Cl)ccc1-n1c(CCCl)nc2cc(Cl)cnc21. The summed E-state index contributed by atoms with van der Waals surface area (Å²) in [5.41, 5.74) is 1.45. The third kappa shape index (κ3) is 2.71. The summed E-state index contributed by atoms with van der Waals surface area (Å²) in [5.74, 6) is 0.539. The summed E-state index contributed by atoms with van der Waals surface area (Å²) in [6.07, 6.45) is 1.98. The summed E-state index contributed by atoms with van der Waals surface area (Å²) in [6.45, 7) is 0. The van der Waals surface area contributed by atoms with Gasteiger partial charge in [-0.25, -0.2) is 14.4 Å². The lowest BCUT2D eigenvalue weighted by Crippen LogP contribution is -2.05. The first-order chi connectivity index (χ1) is 10.1. The standard InChI is InChI=1S/C14H9Cl3FN3/c15-4-3-13-20-11-6-9(17)7-19-14(11)21(13)12-2-1-8(16)5-10(12)18/h1-2,5-7H,3-4H2. The number of aromatic nitrogens is 3. The minimum Gasteiger partial charge on any atom is -0.278 e. The van der Waals surface area contributed by atoms with E-state index in [2.05, 4.69) is 9.97 Å². The molecule has 21 heavy (non-hydrogen) atoms. The van der Waals surface area contributed by atoms with E-state index >= 15 is 0 Å². The van der Waals surface area contributed by atoms with Crippen molar-refractivity contribution >= 4 is 46.0 Å². The van der Waals surface area contributed by atoms with Crippen molar-refractivity contribution in [2.24, 2.45) is 0 Å². The lowest BCUT2D eigenvalue weighted by atomic mass is 10.3. The number of hydrogen-bond acceptors (Lipinski definition) is 2. The van der Waals surface area contributed by atoms with Gasteiger partial charge in [0.1, 0.15) is 17.2 Å². The van der Waals surface area contributed by atoms with E-state index in [0.717, 1.165) is 0 Å². The van der Waals surface area contributed by atoms with Crippen molar-refractivity contribution in [1.29, 1.82) is 0 Å². The monoisotopic (exact) mass is 343 g/mol. The number of alkyl halides is 1. The minimum absolute atomic E-state index is 0.329. The Bertz CT molecular complexity index is 817. The quantitative estimate of drug-likeness (QED) is 0.648. The number of aryl methyl sites for hydroxylation is 1. The van der Waals surface area contributed by atoms with Crippen LogP contribution >= 0.6 is 34.8 Å². The topological polar surface area (TPSA) is 30.7 Å². The van der Waals surface area contributed by atoms with Crippen LogP contribution in [0, 0.1) is 5.82 Å². The normalized spacial score (nSPS) is 11.2. The molecule has 0 radical (unpaired) electrons. The van der Waals surface area contributed by atoms with Gasteiger partial charge in [-0.15, -0.1) is 11.6 Å². The maximum atomic E-state index is 14.2. The van der Waals surface area contributed by atoms with Gasteiger partial charge < -0.3 is 0 Å². The van der Waals surface area contributed by atoms with Crippen LogP contribution in [0.15, 0.2) is 30.5 Å². The van der Waals surface area contributed by atoms with Gasteiger partial charge in [0.15, 0.2) is 5.65 Å². The van der Waals surface area contributed by atoms with E-state index < -0.39 is 5.82 Å². The smallest absolute Gasteiger partial charge is 0.164 e. The Balaban J connectivity index is 2.30. The second-order valence-corrected chi connectivity index (χ2v) is 5.65. The van der Waals surface area contributed by atoms with Crippen molar-refractivity contribution in [3.63, 3.8) is 0 Å². The van der Waals surface area contributed by atoms with Crippen LogP contribution < -0.4 is 0 Å². The van der Waals surface area contributed by atoms with Crippen LogP contribution in [0.1, 0.15) is 5.82 Å². The Morgan fingerprint density at radius 3 is 2.67 bits per heavy atom. The number of hydrogen-bond donors (Lipinski definition) is 0. The van der Waals surface area contributed by atoms with Crippen LogP contribution in [0.5, 0.6) is 0 Å². The fraction of sp³-hybridized carbons (Fsp3) is 0.143. The highest BCUT2D eigenvalue weighted by molar-refractivity contribution is 6.31. The number of fused-ring (bicyclic) bond motifs is 1. The molecule has 0 spiro atoms. The number of imidazole rings is 1. The van der Waals surface area contributed by atoms with Gasteiger partial charge in [0.05, 0.1) is 10.7 Å². The lowest BCUT2D eigenvalue weighted by molar-refractivity contribution is 0.616. The maximum Gasteiger partial charge on any atom is 0.164 e. The van der Waals surface area contributed by atoms with Gasteiger partial charge in [-0.2, -0.15) is 0 Å². The first-order valence-corrected chi connectivity index (χ1v) is 7.43. The van der Waals surface area contributed by atoms with Crippen LogP contribution in [-0.2, 0) is 6.42 Å². The summed E-state index contributed by atoms with van der Waals surface area (Å²) in [7, 11) is 0. The van der Waals surface area contributed by atoms with Crippen molar-refractivity contribution in [3.05, 3.63) is 52.1 Å². The van der Waals surface area contributed by atoms with E-state index in [9.17, 15) is 4.39 Å². The number of pyridine rings is 1. The molecule has 0 unspecified atom stereocenters. The van der Waals surface area contributed by atoms with Crippen LogP contribution in [0.2, 0.25) is 10.0 Å². The molecule has 1 aromatic carbocycles. The van der Waals surface area contributed by atoms with Gasteiger partial charge in [0, 0.05) is 23.5 Å². The van der Waals surface area contributed by atoms with E-state index in [1.807, 2.05) is 0 Å². The van der Waals surface area contributed by atoms with Gasteiger partial charge in [-0.3, -0.25) is 4.57 Å². The lowest BCUT2D eigenvalue weighted by Gasteiger charge is -2.09.